The first-order chi connectivity index (χ1) is 11.3. The molecule has 2 saturated heterocycles. The van der Waals surface area contributed by atoms with Crippen molar-refractivity contribution in [3.63, 3.8) is 0 Å². The highest BCUT2D eigenvalue weighted by molar-refractivity contribution is 6.07. The smallest absolute Gasteiger partial charge is 0.279 e. The Bertz CT molecular complexity index is 840. The zero-order chi connectivity index (χ0) is 15.6. The molecule has 2 aromatic rings. The van der Waals surface area contributed by atoms with E-state index in [0.29, 0.717) is 23.3 Å². The standard InChI is InChI=1S/C17H18N4O2/c1-23-14-4-2-3-12-15(14)16(19-18-12)17(22)21-8-10-7-20-6-5-11(10)13(21)9-20/h2-4,9-11H,5-8H2,1H3,(H,18,19)/t10-,11-/m0/s1. The summed E-state index contributed by atoms with van der Waals surface area (Å²) in [5.41, 5.74) is 2.45. The molecule has 1 amide bonds. The van der Waals surface area contributed by atoms with Crippen molar-refractivity contribution in [2.24, 2.45) is 11.8 Å². The van der Waals surface area contributed by atoms with Gasteiger partial charge in [-0.3, -0.25) is 9.89 Å². The van der Waals surface area contributed by atoms with Gasteiger partial charge in [0.05, 0.1) is 18.0 Å². The monoisotopic (exact) mass is 310 g/mol. The van der Waals surface area contributed by atoms with Crippen LogP contribution in [0.5, 0.6) is 5.75 Å². The van der Waals surface area contributed by atoms with E-state index >= 15 is 0 Å². The van der Waals surface area contributed by atoms with Crippen molar-refractivity contribution in [2.75, 3.05) is 26.7 Å². The number of aromatic nitrogens is 2. The third-order valence-corrected chi connectivity index (χ3v) is 5.41. The summed E-state index contributed by atoms with van der Waals surface area (Å²) in [6, 6.07) is 5.67. The summed E-state index contributed by atoms with van der Waals surface area (Å²) in [6.45, 7) is 2.99. The summed E-state index contributed by atoms with van der Waals surface area (Å²) in [5.74, 6) is 1.76. The molecule has 0 unspecified atom stereocenters. The lowest BCUT2D eigenvalue weighted by atomic mass is 9.84. The minimum atomic E-state index is -0.0248. The number of methoxy groups -OCH3 is 1. The van der Waals surface area contributed by atoms with Crippen molar-refractivity contribution >= 4 is 16.8 Å². The van der Waals surface area contributed by atoms with Gasteiger partial charge in [-0.05, 0) is 18.6 Å². The predicted molar refractivity (Wildman–Crippen MR) is 84.9 cm³/mol. The van der Waals surface area contributed by atoms with E-state index in [9.17, 15) is 4.79 Å². The summed E-state index contributed by atoms with van der Waals surface area (Å²) < 4.78 is 5.42. The first-order valence-corrected chi connectivity index (χ1v) is 8.05. The largest absolute Gasteiger partial charge is 0.496 e. The molecule has 0 saturated carbocycles. The molecule has 6 rings (SSSR count). The Morgan fingerprint density at radius 1 is 1.39 bits per heavy atom. The van der Waals surface area contributed by atoms with Gasteiger partial charge in [0.2, 0.25) is 0 Å². The van der Waals surface area contributed by atoms with Crippen molar-refractivity contribution in [2.45, 2.75) is 6.42 Å². The van der Waals surface area contributed by atoms with Gasteiger partial charge in [-0.15, -0.1) is 0 Å². The Morgan fingerprint density at radius 3 is 3.09 bits per heavy atom. The van der Waals surface area contributed by atoms with Gasteiger partial charge in [0.1, 0.15) is 5.75 Å². The lowest BCUT2D eigenvalue weighted by Crippen LogP contribution is -2.40. The molecule has 1 N–H and O–H groups in total. The van der Waals surface area contributed by atoms with E-state index in [1.807, 2.05) is 23.1 Å². The third kappa shape index (κ3) is 1.69. The summed E-state index contributed by atoms with van der Waals surface area (Å²) in [6.07, 6.45) is 3.33. The van der Waals surface area contributed by atoms with Crippen molar-refractivity contribution in [3.05, 3.63) is 35.8 Å². The van der Waals surface area contributed by atoms with Gasteiger partial charge >= 0.3 is 0 Å². The fourth-order valence-corrected chi connectivity index (χ4v) is 4.34. The average Bonchev–Trinajstić information content (AvgIpc) is 3.13. The molecule has 4 aliphatic heterocycles. The molecule has 1 aromatic heterocycles. The van der Waals surface area contributed by atoms with Crippen LogP contribution in [0.1, 0.15) is 16.9 Å². The second kappa shape index (κ2) is 4.50. The maximum Gasteiger partial charge on any atom is 0.279 e. The Kier molecular flexibility index (Phi) is 2.54. The van der Waals surface area contributed by atoms with E-state index in [1.165, 1.54) is 5.70 Å². The number of piperidine rings is 1. The Balaban J connectivity index is 1.59. The van der Waals surface area contributed by atoms with E-state index in [2.05, 4.69) is 21.3 Å². The van der Waals surface area contributed by atoms with Crippen LogP contribution in [0.15, 0.2) is 30.1 Å². The van der Waals surface area contributed by atoms with Crippen molar-refractivity contribution < 1.29 is 9.53 Å². The number of allylic oxidation sites excluding steroid dienone is 1. The van der Waals surface area contributed by atoms with Crippen LogP contribution >= 0.6 is 0 Å². The number of carbonyl (C=O) groups excluding carboxylic acids is 1. The number of hydrogen-bond donors (Lipinski definition) is 1. The van der Waals surface area contributed by atoms with Crippen LogP contribution < -0.4 is 4.74 Å². The molecule has 6 heteroatoms. The molecule has 4 aliphatic rings. The molecule has 4 bridgehead atoms. The molecule has 2 fully saturated rings. The molecule has 0 aliphatic carbocycles. The first kappa shape index (κ1) is 13.0. The van der Waals surface area contributed by atoms with E-state index < -0.39 is 0 Å². The Labute approximate surface area is 133 Å². The molecule has 2 atom stereocenters. The number of aromatic amines is 1. The second-order valence-electron chi connectivity index (χ2n) is 6.57. The molecule has 23 heavy (non-hydrogen) atoms. The van der Waals surface area contributed by atoms with Crippen LogP contribution in [0.3, 0.4) is 0 Å². The SMILES string of the molecule is COc1cccc2[nH]nc(C(=O)N3C[C@@H]4CN5C=C3[C@H]4CC5)c12. The summed E-state index contributed by atoms with van der Waals surface area (Å²) in [5, 5.41) is 8.01. The molecular formula is C17H18N4O2. The van der Waals surface area contributed by atoms with Crippen molar-refractivity contribution in [3.8, 4) is 5.75 Å². The summed E-state index contributed by atoms with van der Waals surface area (Å²) in [7, 11) is 1.62. The summed E-state index contributed by atoms with van der Waals surface area (Å²) >= 11 is 0. The maximum absolute atomic E-state index is 13.1. The highest BCUT2D eigenvalue weighted by Gasteiger charge is 2.46. The van der Waals surface area contributed by atoms with Crippen LogP contribution in [0.4, 0.5) is 0 Å². The molecule has 5 heterocycles. The Morgan fingerprint density at radius 2 is 2.30 bits per heavy atom. The number of ether oxygens (including phenoxy) is 1. The number of fused-ring (bicyclic) bond motifs is 2. The highest BCUT2D eigenvalue weighted by atomic mass is 16.5. The number of likely N-dealkylation sites (tertiary alicyclic amines) is 1. The van der Waals surface area contributed by atoms with Crippen LogP contribution in [0.25, 0.3) is 10.9 Å². The lowest BCUT2D eigenvalue weighted by Gasteiger charge is -2.39. The normalized spacial score (nSPS) is 25.2. The molecule has 0 radical (unpaired) electrons. The molecular weight excluding hydrogens is 292 g/mol. The quantitative estimate of drug-likeness (QED) is 0.919. The van der Waals surface area contributed by atoms with Gasteiger partial charge in [0.25, 0.3) is 5.91 Å². The molecule has 118 valence electrons. The first-order valence-electron chi connectivity index (χ1n) is 8.05. The lowest BCUT2D eigenvalue weighted by molar-refractivity contribution is 0.0816. The zero-order valence-corrected chi connectivity index (χ0v) is 13.0. The Hall–Kier alpha value is -2.50. The van der Waals surface area contributed by atoms with Crippen LogP contribution in [0.2, 0.25) is 0 Å². The number of hydrogen-bond acceptors (Lipinski definition) is 4. The van der Waals surface area contributed by atoms with E-state index in [-0.39, 0.29) is 5.91 Å². The number of nitrogens with zero attached hydrogens (tertiary/aromatic N) is 3. The van der Waals surface area contributed by atoms with E-state index in [1.54, 1.807) is 7.11 Å². The number of amides is 1. The molecule has 6 nitrogen and oxygen atoms in total. The van der Waals surface area contributed by atoms with Gasteiger partial charge in [-0.25, -0.2) is 0 Å². The second-order valence-corrected chi connectivity index (χ2v) is 6.57. The number of nitrogens with one attached hydrogen (secondary N) is 1. The van der Waals surface area contributed by atoms with Crippen LogP contribution in [-0.4, -0.2) is 52.6 Å². The third-order valence-electron chi connectivity index (χ3n) is 5.41. The van der Waals surface area contributed by atoms with Crippen LogP contribution in [-0.2, 0) is 0 Å². The van der Waals surface area contributed by atoms with Crippen molar-refractivity contribution in [1.29, 1.82) is 0 Å². The molecule has 1 aromatic carbocycles. The van der Waals surface area contributed by atoms with Gasteiger partial charge in [-0.2, -0.15) is 5.10 Å². The molecule has 0 spiro atoms. The minimum Gasteiger partial charge on any atom is -0.496 e. The topological polar surface area (TPSA) is 61.5 Å². The fraction of sp³-hybridized carbons (Fsp3) is 0.412. The van der Waals surface area contributed by atoms with E-state index in [4.69, 9.17) is 4.74 Å². The minimum absolute atomic E-state index is 0.0248. The number of benzene rings is 1. The zero-order valence-electron chi connectivity index (χ0n) is 13.0. The van der Waals surface area contributed by atoms with Gasteiger partial charge < -0.3 is 14.5 Å². The number of carbonyl (C=O) groups is 1. The van der Waals surface area contributed by atoms with Crippen LogP contribution in [0, 0.1) is 11.8 Å². The summed E-state index contributed by atoms with van der Waals surface area (Å²) in [4.78, 5) is 17.4. The number of rotatable bonds is 2. The maximum atomic E-state index is 13.1. The van der Waals surface area contributed by atoms with Crippen molar-refractivity contribution in [1.82, 2.24) is 20.0 Å². The van der Waals surface area contributed by atoms with Gasteiger partial charge in [0.15, 0.2) is 5.69 Å². The number of H-pyrrole nitrogens is 1. The van der Waals surface area contributed by atoms with Gasteiger partial charge in [0, 0.05) is 43.4 Å². The average molecular weight is 310 g/mol. The predicted octanol–water partition coefficient (Wildman–Crippen LogP) is 1.82. The highest BCUT2D eigenvalue weighted by Crippen LogP contribution is 2.44. The van der Waals surface area contributed by atoms with E-state index in [0.717, 1.165) is 37.0 Å². The van der Waals surface area contributed by atoms with Gasteiger partial charge in [-0.1, -0.05) is 6.07 Å². The fourth-order valence-electron chi connectivity index (χ4n) is 4.34.